The van der Waals surface area contributed by atoms with Gasteiger partial charge in [0.1, 0.15) is 5.92 Å². The third-order valence-corrected chi connectivity index (χ3v) is 2.98. The monoisotopic (exact) mass is 212 g/mol. The molecule has 5 heteroatoms. The summed E-state index contributed by atoms with van der Waals surface area (Å²) in [5.74, 6) is -1.53. The minimum atomic E-state index is -0.706. The Morgan fingerprint density at radius 1 is 1.13 bits per heavy atom. The van der Waals surface area contributed by atoms with Crippen LogP contribution in [-0.2, 0) is 9.59 Å². The van der Waals surface area contributed by atoms with Gasteiger partial charge in [0.2, 0.25) is 11.8 Å². The fraction of sp³-hybridized carbons (Fsp3) is 0.700. The van der Waals surface area contributed by atoms with Crippen molar-refractivity contribution in [1.29, 1.82) is 0 Å². The van der Waals surface area contributed by atoms with Crippen LogP contribution in [0.4, 0.5) is 4.79 Å². The highest BCUT2D eigenvalue weighted by Crippen LogP contribution is 2.24. The van der Waals surface area contributed by atoms with Gasteiger partial charge in [0.25, 0.3) is 0 Å². The van der Waals surface area contributed by atoms with E-state index in [1.807, 2.05) is 13.8 Å². The lowest BCUT2D eigenvalue weighted by atomic mass is 9.88. The Bertz CT molecular complexity index is 290. The van der Waals surface area contributed by atoms with Crippen LogP contribution in [-0.4, -0.2) is 41.7 Å². The molecule has 0 saturated carbocycles. The van der Waals surface area contributed by atoms with Gasteiger partial charge in [-0.15, -0.1) is 0 Å². The van der Waals surface area contributed by atoms with Crippen LogP contribution in [0.2, 0.25) is 0 Å². The third-order valence-electron chi connectivity index (χ3n) is 2.98. The molecule has 1 aliphatic heterocycles. The summed E-state index contributed by atoms with van der Waals surface area (Å²) in [5.41, 5.74) is 0. The van der Waals surface area contributed by atoms with Gasteiger partial charge >= 0.3 is 6.03 Å². The number of hydrogen-bond acceptors (Lipinski definition) is 3. The van der Waals surface area contributed by atoms with E-state index >= 15 is 0 Å². The number of carbonyl (C=O) groups excluding carboxylic acids is 3. The van der Waals surface area contributed by atoms with Gasteiger partial charge in [-0.2, -0.15) is 0 Å². The van der Waals surface area contributed by atoms with Crippen molar-refractivity contribution >= 4 is 17.8 Å². The number of hydrogen-bond donors (Lipinski definition) is 0. The minimum Gasteiger partial charge on any atom is -0.273 e. The van der Waals surface area contributed by atoms with Crippen LogP contribution in [0.5, 0.6) is 0 Å². The Morgan fingerprint density at radius 3 is 1.87 bits per heavy atom. The number of urea groups is 1. The fourth-order valence-electron chi connectivity index (χ4n) is 1.66. The van der Waals surface area contributed by atoms with E-state index < -0.39 is 23.8 Å². The summed E-state index contributed by atoms with van der Waals surface area (Å²) in [6.07, 6.45) is 0.734. The molecule has 0 radical (unpaired) electrons. The molecule has 0 unspecified atom stereocenters. The summed E-state index contributed by atoms with van der Waals surface area (Å²) in [4.78, 5) is 36.9. The average molecular weight is 212 g/mol. The Kier molecular flexibility index (Phi) is 3.12. The lowest BCUT2D eigenvalue weighted by Crippen LogP contribution is -2.58. The number of nitrogens with zero attached hydrogens (tertiary/aromatic N) is 2. The van der Waals surface area contributed by atoms with Crippen LogP contribution in [0.15, 0.2) is 0 Å². The molecule has 1 atom stereocenters. The first kappa shape index (κ1) is 11.7. The highest BCUT2D eigenvalue weighted by molar-refractivity contribution is 6.15. The maximum Gasteiger partial charge on any atom is 0.332 e. The van der Waals surface area contributed by atoms with E-state index in [1.165, 1.54) is 14.1 Å². The van der Waals surface area contributed by atoms with Crippen LogP contribution in [0, 0.1) is 11.8 Å². The van der Waals surface area contributed by atoms with Crippen molar-refractivity contribution in [3.8, 4) is 0 Å². The molecule has 5 nitrogen and oxygen atoms in total. The van der Waals surface area contributed by atoms with E-state index in [1.54, 1.807) is 0 Å². The van der Waals surface area contributed by atoms with Crippen molar-refractivity contribution in [2.24, 2.45) is 11.8 Å². The number of carbonyl (C=O) groups is 3. The fourth-order valence-corrected chi connectivity index (χ4v) is 1.66. The molecular formula is C10H16N2O3. The van der Waals surface area contributed by atoms with E-state index in [9.17, 15) is 14.4 Å². The summed E-state index contributed by atoms with van der Waals surface area (Å²) >= 11 is 0. The molecule has 1 saturated heterocycles. The third kappa shape index (κ3) is 1.73. The quantitative estimate of drug-likeness (QED) is 0.633. The molecule has 0 aromatic heterocycles. The molecule has 1 heterocycles. The molecule has 0 N–H and O–H groups in total. The molecule has 0 aliphatic carbocycles. The van der Waals surface area contributed by atoms with Crippen LogP contribution in [0.3, 0.4) is 0 Å². The zero-order chi connectivity index (χ0) is 11.7. The molecule has 0 aromatic carbocycles. The maximum atomic E-state index is 11.7. The number of barbiturate groups is 1. The van der Waals surface area contributed by atoms with Crippen molar-refractivity contribution in [2.75, 3.05) is 14.1 Å². The van der Waals surface area contributed by atoms with Crippen LogP contribution in [0.25, 0.3) is 0 Å². The second kappa shape index (κ2) is 4.00. The van der Waals surface area contributed by atoms with Gasteiger partial charge in [-0.1, -0.05) is 20.3 Å². The molecule has 1 fully saturated rings. The summed E-state index contributed by atoms with van der Waals surface area (Å²) in [7, 11) is 2.81. The number of rotatable bonds is 2. The minimum absolute atomic E-state index is 0.0389. The number of amides is 4. The predicted molar refractivity (Wildman–Crippen MR) is 53.9 cm³/mol. The van der Waals surface area contributed by atoms with Gasteiger partial charge in [-0.25, -0.2) is 4.79 Å². The van der Waals surface area contributed by atoms with Gasteiger partial charge in [0.05, 0.1) is 0 Å². The lowest BCUT2D eigenvalue weighted by Gasteiger charge is -2.35. The first-order chi connectivity index (χ1) is 6.91. The van der Waals surface area contributed by atoms with E-state index in [2.05, 4.69) is 0 Å². The highest BCUT2D eigenvalue weighted by atomic mass is 16.2. The Balaban J connectivity index is 3.02. The lowest BCUT2D eigenvalue weighted by molar-refractivity contribution is -0.149. The molecular weight excluding hydrogens is 196 g/mol. The van der Waals surface area contributed by atoms with Crippen molar-refractivity contribution in [3.05, 3.63) is 0 Å². The Morgan fingerprint density at radius 2 is 1.53 bits per heavy atom. The average Bonchev–Trinajstić information content (AvgIpc) is 2.23. The molecule has 15 heavy (non-hydrogen) atoms. The zero-order valence-corrected chi connectivity index (χ0v) is 9.48. The van der Waals surface area contributed by atoms with Gasteiger partial charge in [-0.3, -0.25) is 19.4 Å². The van der Waals surface area contributed by atoms with E-state index in [0.717, 1.165) is 16.2 Å². The second-order valence-electron chi connectivity index (χ2n) is 3.94. The Hall–Kier alpha value is -1.39. The summed E-state index contributed by atoms with van der Waals surface area (Å²) < 4.78 is 0. The Labute approximate surface area is 89.0 Å². The molecule has 0 bridgehead atoms. The van der Waals surface area contributed by atoms with Gasteiger partial charge in [-0.05, 0) is 5.92 Å². The van der Waals surface area contributed by atoms with E-state index in [4.69, 9.17) is 0 Å². The summed E-state index contributed by atoms with van der Waals surface area (Å²) in [6, 6.07) is -0.551. The maximum absolute atomic E-state index is 11.7. The standard InChI is InChI=1S/C10H16N2O3/c1-5-6(2)7-8(13)11(3)10(15)12(4)9(7)14/h6-7H,5H2,1-4H3/t6-/m0/s1. The van der Waals surface area contributed by atoms with Gasteiger partial charge in [0, 0.05) is 14.1 Å². The van der Waals surface area contributed by atoms with E-state index in [-0.39, 0.29) is 5.92 Å². The smallest absolute Gasteiger partial charge is 0.273 e. The van der Waals surface area contributed by atoms with E-state index in [0.29, 0.717) is 0 Å². The SMILES string of the molecule is CC[C@H](C)C1C(=O)N(C)C(=O)N(C)C1=O. The van der Waals surface area contributed by atoms with Crippen LogP contribution < -0.4 is 0 Å². The normalized spacial score (nSPS) is 21.2. The predicted octanol–water partition coefficient (Wildman–Crippen LogP) is 0.699. The highest BCUT2D eigenvalue weighted by Gasteiger charge is 2.44. The van der Waals surface area contributed by atoms with Crippen molar-refractivity contribution < 1.29 is 14.4 Å². The molecule has 84 valence electrons. The zero-order valence-electron chi connectivity index (χ0n) is 9.48. The molecule has 0 aromatic rings. The van der Waals surface area contributed by atoms with Gasteiger partial charge < -0.3 is 0 Å². The first-order valence-electron chi connectivity index (χ1n) is 5.00. The van der Waals surface area contributed by atoms with Crippen molar-refractivity contribution in [3.63, 3.8) is 0 Å². The summed E-state index contributed by atoms with van der Waals surface area (Å²) in [6.45, 7) is 3.76. The molecule has 4 amide bonds. The molecule has 0 spiro atoms. The second-order valence-corrected chi connectivity index (χ2v) is 3.94. The first-order valence-corrected chi connectivity index (χ1v) is 5.00. The van der Waals surface area contributed by atoms with Gasteiger partial charge in [0.15, 0.2) is 0 Å². The number of imide groups is 2. The van der Waals surface area contributed by atoms with Crippen LogP contribution >= 0.6 is 0 Å². The molecule has 1 aliphatic rings. The topological polar surface area (TPSA) is 57.7 Å². The van der Waals surface area contributed by atoms with Crippen molar-refractivity contribution in [2.45, 2.75) is 20.3 Å². The molecule has 1 rings (SSSR count). The largest absolute Gasteiger partial charge is 0.332 e. The van der Waals surface area contributed by atoms with Crippen molar-refractivity contribution in [1.82, 2.24) is 9.80 Å². The summed E-state index contributed by atoms with van der Waals surface area (Å²) in [5, 5.41) is 0. The van der Waals surface area contributed by atoms with Crippen LogP contribution in [0.1, 0.15) is 20.3 Å².